The van der Waals surface area contributed by atoms with Gasteiger partial charge in [0.25, 0.3) is 5.91 Å². The van der Waals surface area contributed by atoms with Gasteiger partial charge in [-0.3, -0.25) is 9.59 Å². The first-order valence-corrected chi connectivity index (χ1v) is 14.0. The van der Waals surface area contributed by atoms with Crippen LogP contribution in [-0.4, -0.2) is 53.9 Å². The minimum atomic E-state index is -0.980. The van der Waals surface area contributed by atoms with Crippen LogP contribution in [0.15, 0.2) is 42.5 Å². The van der Waals surface area contributed by atoms with Gasteiger partial charge in [0.2, 0.25) is 5.91 Å². The second-order valence-corrected chi connectivity index (χ2v) is 11.0. The number of aryl methyl sites for hydroxylation is 2. The van der Waals surface area contributed by atoms with Crippen LogP contribution in [-0.2, 0) is 14.3 Å². The molecule has 2 aromatic carbocycles. The zero-order valence-corrected chi connectivity index (χ0v) is 25.1. The number of rotatable bonds is 12. The van der Waals surface area contributed by atoms with Gasteiger partial charge in [-0.15, -0.1) is 0 Å². The van der Waals surface area contributed by atoms with Gasteiger partial charge in [0, 0.05) is 18.0 Å². The molecule has 0 spiro atoms. The summed E-state index contributed by atoms with van der Waals surface area (Å²) in [4.78, 5) is 42.1. The second kappa shape index (κ2) is 14.8. The van der Waals surface area contributed by atoms with E-state index >= 15 is 0 Å². The topological polar surface area (TPSA) is 97.0 Å². The Balaban J connectivity index is 2.52. The van der Waals surface area contributed by atoms with Crippen LogP contribution in [0.4, 0.5) is 10.5 Å². The summed E-state index contributed by atoms with van der Waals surface area (Å²) in [5, 5.41) is 5.63. The third-order valence-electron chi connectivity index (χ3n) is 6.10. The minimum Gasteiger partial charge on any atom is -0.497 e. The maximum atomic E-state index is 14.0. The Morgan fingerprint density at radius 2 is 1.69 bits per heavy atom. The number of benzene rings is 2. The monoisotopic (exact) mass is 557 g/mol. The Kier molecular flexibility index (Phi) is 12.2. The van der Waals surface area contributed by atoms with Gasteiger partial charge in [-0.25, -0.2) is 4.79 Å². The number of hydrogen-bond donors (Lipinski definition) is 3. The van der Waals surface area contributed by atoms with Gasteiger partial charge in [-0.2, -0.15) is 12.6 Å². The molecule has 0 heterocycles. The molecule has 9 heteroatoms. The van der Waals surface area contributed by atoms with Crippen molar-refractivity contribution in [3.05, 3.63) is 59.2 Å². The van der Waals surface area contributed by atoms with E-state index in [4.69, 9.17) is 9.47 Å². The van der Waals surface area contributed by atoms with Crippen LogP contribution in [0.5, 0.6) is 5.75 Å². The standard InChI is InChI=1S/C30H43N3O5S/c1-8-9-10-17-33(28(35)25(19-39)32-29(36)38-30(4,5)6)26(24-18-20(2)11-12-21(24)3)27(34)31-22-13-15-23(37-7)16-14-22/h11-16,18,25-26,39H,8-10,17,19H2,1-7H3,(H,31,34)(H,32,36). The summed E-state index contributed by atoms with van der Waals surface area (Å²) in [5.41, 5.74) is 2.42. The van der Waals surface area contributed by atoms with Crippen LogP contribution < -0.4 is 15.4 Å². The molecule has 2 aromatic rings. The predicted octanol–water partition coefficient (Wildman–Crippen LogP) is 5.83. The molecule has 2 rings (SSSR count). The van der Waals surface area contributed by atoms with Crippen molar-refractivity contribution >= 4 is 36.2 Å². The van der Waals surface area contributed by atoms with Crippen molar-refractivity contribution < 1.29 is 23.9 Å². The largest absolute Gasteiger partial charge is 0.497 e. The lowest BCUT2D eigenvalue weighted by Gasteiger charge is -2.35. The lowest BCUT2D eigenvalue weighted by Crippen LogP contribution is -2.53. The van der Waals surface area contributed by atoms with Gasteiger partial charge < -0.3 is 25.0 Å². The molecular formula is C30H43N3O5S. The fourth-order valence-corrected chi connectivity index (χ4v) is 4.37. The van der Waals surface area contributed by atoms with E-state index in [1.165, 1.54) is 0 Å². The Labute approximate surface area is 238 Å². The summed E-state index contributed by atoms with van der Waals surface area (Å²) >= 11 is 4.36. The zero-order valence-electron chi connectivity index (χ0n) is 24.2. The highest BCUT2D eigenvalue weighted by Gasteiger charge is 2.36. The van der Waals surface area contributed by atoms with Gasteiger partial charge in [0.1, 0.15) is 23.4 Å². The van der Waals surface area contributed by atoms with Crippen molar-refractivity contribution in [2.45, 2.75) is 78.5 Å². The number of anilines is 1. The molecule has 0 saturated heterocycles. The summed E-state index contributed by atoms with van der Waals surface area (Å²) in [6, 6.07) is 11.0. The van der Waals surface area contributed by atoms with E-state index in [2.05, 4.69) is 30.2 Å². The van der Waals surface area contributed by atoms with Crippen molar-refractivity contribution in [1.29, 1.82) is 0 Å². The molecule has 0 saturated carbocycles. The van der Waals surface area contributed by atoms with Gasteiger partial charge in [-0.05, 0) is 76.4 Å². The molecule has 0 aliphatic heterocycles. The number of carbonyl (C=O) groups excluding carboxylic acids is 3. The fourth-order valence-electron chi connectivity index (χ4n) is 4.12. The lowest BCUT2D eigenvalue weighted by molar-refractivity contribution is -0.140. The number of amides is 3. The van der Waals surface area contributed by atoms with E-state index in [0.29, 0.717) is 24.4 Å². The molecule has 0 aliphatic rings. The van der Waals surface area contributed by atoms with Gasteiger partial charge >= 0.3 is 6.09 Å². The number of nitrogens with one attached hydrogen (secondary N) is 2. The first-order valence-electron chi connectivity index (χ1n) is 13.3. The maximum Gasteiger partial charge on any atom is 0.408 e. The number of ether oxygens (including phenoxy) is 2. The van der Waals surface area contributed by atoms with Crippen molar-refractivity contribution in [3.8, 4) is 5.75 Å². The summed E-state index contributed by atoms with van der Waals surface area (Å²) in [6.07, 6.45) is 1.81. The zero-order chi connectivity index (χ0) is 29.2. The molecular weight excluding hydrogens is 514 g/mol. The number of unbranched alkanes of at least 4 members (excludes halogenated alkanes) is 2. The first-order chi connectivity index (χ1) is 18.4. The molecule has 0 bridgehead atoms. The second-order valence-electron chi connectivity index (χ2n) is 10.6. The number of alkyl carbamates (subject to hydrolysis) is 1. The van der Waals surface area contributed by atoms with Crippen molar-refractivity contribution in [2.75, 3.05) is 24.7 Å². The first kappa shape index (κ1) is 32.0. The SMILES string of the molecule is CCCCCN(C(=O)C(CS)NC(=O)OC(C)(C)C)C(C(=O)Nc1ccc(OC)cc1)c1cc(C)ccc1C. The van der Waals surface area contributed by atoms with E-state index in [-0.39, 0.29) is 11.7 Å². The predicted molar refractivity (Wildman–Crippen MR) is 159 cm³/mol. The smallest absolute Gasteiger partial charge is 0.408 e. The molecule has 3 amide bonds. The molecule has 2 N–H and O–H groups in total. The fraction of sp³-hybridized carbons (Fsp3) is 0.500. The average molecular weight is 558 g/mol. The Bertz CT molecular complexity index is 1110. The Morgan fingerprint density at radius 3 is 2.26 bits per heavy atom. The van der Waals surface area contributed by atoms with Crippen LogP contribution in [0.25, 0.3) is 0 Å². The van der Waals surface area contributed by atoms with E-state index in [0.717, 1.165) is 29.5 Å². The van der Waals surface area contributed by atoms with E-state index < -0.39 is 29.7 Å². The van der Waals surface area contributed by atoms with E-state index in [1.54, 1.807) is 57.0 Å². The molecule has 0 aliphatic carbocycles. The highest BCUT2D eigenvalue weighted by Crippen LogP contribution is 2.29. The molecule has 2 atom stereocenters. The Morgan fingerprint density at radius 1 is 1.03 bits per heavy atom. The third kappa shape index (κ3) is 9.80. The normalized spacial score (nSPS) is 12.7. The van der Waals surface area contributed by atoms with Crippen LogP contribution in [0, 0.1) is 13.8 Å². The summed E-state index contributed by atoms with van der Waals surface area (Å²) in [7, 11) is 1.58. The van der Waals surface area contributed by atoms with Gasteiger partial charge in [-0.1, -0.05) is 43.5 Å². The molecule has 8 nitrogen and oxygen atoms in total. The van der Waals surface area contributed by atoms with E-state index in [1.807, 2.05) is 32.0 Å². The van der Waals surface area contributed by atoms with E-state index in [9.17, 15) is 14.4 Å². The highest BCUT2D eigenvalue weighted by molar-refractivity contribution is 7.80. The highest BCUT2D eigenvalue weighted by atomic mass is 32.1. The van der Waals surface area contributed by atoms with Crippen LogP contribution in [0.2, 0.25) is 0 Å². The van der Waals surface area contributed by atoms with Crippen molar-refractivity contribution in [1.82, 2.24) is 10.2 Å². The molecule has 0 fully saturated rings. The number of thiol groups is 1. The van der Waals surface area contributed by atoms with Crippen molar-refractivity contribution in [3.63, 3.8) is 0 Å². The molecule has 214 valence electrons. The Hall–Kier alpha value is -3.20. The summed E-state index contributed by atoms with van der Waals surface area (Å²) in [6.45, 7) is 11.5. The average Bonchev–Trinajstić information content (AvgIpc) is 2.87. The number of carbonyl (C=O) groups is 3. The summed E-state index contributed by atoms with van der Waals surface area (Å²) < 4.78 is 10.6. The number of hydrogen-bond acceptors (Lipinski definition) is 6. The number of methoxy groups -OCH3 is 1. The number of nitrogens with zero attached hydrogens (tertiary/aromatic N) is 1. The van der Waals surface area contributed by atoms with Crippen LogP contribution in [0.3, 0.4) is 0 Å². The minimum absolute atomic E-state index is 0.0436. The van der Waals surface area contributed by atoms with Crippen molar-refractivity contribution in [2.24, 2.45) is 0 Å². The maximum absolute atomic E-state index is 14.0. The summed E-state index contributed by atoms with van der Waals surface area (Å²) in [5.74, 6) is -0.0425. The van der Waals surface area contributed by atoms with Crippen LogP contribution in [0.1, 0.15) is 69.7 Å². The molecule has 0 radical (unpaired) electrons. The quantitative estimate of drug-likeness (QED) is 0.225. The third-order valence-corrected chi connectivity index (χ3v) is 6.47. The van der Waals surface area contributed by atoms with Gasteiger partial charge in [0.05, 0.1) is 7.11 Å². The molecule has 2 unspecified atom stereocenters. The molecule has 0 aromatic heterocycles. The lowest BCUT2D eigenvalue weighted by atomic mass is 9.95. The van der Waals surface area contributed by atoms with Crippen LogP contribution >= 0.6 is 12.6 Å². The molecule has 39 heavy (non-hydrogen) atoms. The van der Waals surface area contributed by atoms with Gasteiger partial charge in [0.15, 0.2) is 0 Å².